The molecule has 0 aliphatic heterocycles. The van der Waals surface area contributed by atoms with Gasteiger partial charge in [0.05, 0.1) is 7.11 Å². The molecule has 2 aromatic rings. The summed E-state index contributed by atoms with van der Waals surface area (Å²) in [4.78, 5) is 8.43. The van der Waals surface area contributed by atoms with Gasteiger partial charge in [0.15, 0.2) is 0 Å². The summed E-state index contributed by atoms with van der Waals surface area (Å²) in [6, 6.07) is 7.96. The Morgan fingerprint density at radius 3 is 2.74 bits per heavy atom. The van der Waals surface area contributed by atoms with Gasteiger partial charge in [-0.25, -0.2) is 9.97 Å². The van der Waals surface area contributed by atoms with Crippen LogP contribution in [0.5, 0.6) is 5.88 Å². The van der Waals surface area contributed by atoms with Crippen molar-refractivity contribution in [3.05, 3.63) is 50.8 Å². The van der Waals surface area contributed by atoms with Gasteiger partial charge < -0.3 is 4.74 Å². The fraction of sp³-hybridized carbons (Fsp3) is 0.231. The number of nitrogens with zero attached hydrogens (tertiary/aromatic N) is 2. The van der Waals surface area contributed by atoms with E-state index in [0.717, 1.165) is 21.1 Å². The second kappa shape index (κ2) is 6.81. The Labute approximate surface area is 137 Å². The highest BCUT2D eigenvalue weighted by molar-refractivity contribution is 9.11. The van der Waals surface area contributed by atoms with Crippen molar-refractivity contribution in [3.63, 3.8) is 0 Å². The first-order valence-electron chi connectivity index (χ1n) is 5.54. The summed E-state index contributed by atoms with van der Waals surface area (Å²) in [6.45, 7) is 0. The average Bonchev–Trinajstić information content (AvgIpc) is 2.41. The topological polar surface area (TPSA) is 35.0 Å². The molecule has 1 atom stereocenters. The number of hydrogen-bond acceptors (Lipinski definition) is 3. The van der Waals surface area contributed by atoms with E-state index in [0.29, 0.717) is 5.88 Å². The first-order chi connectivity index (χ1) is 9.10. The summed E-state index contributed by atoms with van der Waals surface area (Å²) in [7, 11) is 1.60. The average molecular weight is 451 g/mol. The van der Waals surface area contributed by atoms with Gasteiger partial charge >= 0.3 is 0 Å². The summed E-state index contributed by atoms with van der Waals surface area (Å²) < 4.78 is 7.22. The van der Waals surface area contributed by atoms with Crippen LogP contribution in [0.15, 0.2) is 39.5 Å². The van der Waals surface area contributed by atoms with E-state index in [9.17, 15) is 0 Å². The van der Waals surface area contributed by atoms with Gasteiger partial charge in [-0.05, 0) is 23.8 Å². The molecule has 100 valence electrons. The van der Waals surface area contributed by atoms with Crippen LogP contribution in [0.1, 0.15) is 16.1 Å². The number of hydrogen-bond donors (Lipinski definition) is 0. The molecule has 0 saturated heterocycles. The normalized spacial score (nSPS) is 12.2. The van der Waals surface area contributed by atoms with Crippen LogP contribution in [0.3, 0.4) is 0 Å². The number of aromatic nitrogens is 2. The zero-order chi connectivity index (χ0) is 13.8. The van der Waals surface area contributed by atoms with Gasteiger partial charge in [-0.2, -0.15) is 0 Å². The third kappa shape index (κ3) is 4.00. The predicted octanol–water partition coefficient (Wildman–Crippen LogP) is 4.69. The van der Waals surface area contributed by atoms with Crippen LogP contribution in [-0.4, -0.2) is 17.1 Å². The van der Waals surface area contributed by atoms with Crippen molar-refractivity contribution in [2.24, 2.45) is 0 Å². The van der Waals surface area contributed by atoms with Gasteiger partial charge in [-0.3, -0.25) is 0 Å². The Bertz CT molecular complexity index is 578. The Balaban J connectivity index is 2.20. The number of methoxy groups -OCH3 is 1. The van der Waals surface area contributed by atoms with E-state index in [2.05, 4.69) is 63.8 Å². The summed E-state index contributed by atoms with van der Waals surface area (Å²) in [5.74, 6) is 0.581. The quantitative estimate of drug-likeness (QED) is 0.634. The van der Waals surface area contributed by atoms with Crippen LogP contribution in [-0.2, 0) is 6.42 Å². The molecule has 0 N–H and O–H groups in total. The first-order valence-corrected chi connectivity index (χ1v) is 8.04. The van der Waals surface area contributed by atoms with E-state index < -0.39 is 0 Å². The molecule has 1 heterocycles. The lowest BCUT2D eigenvalue weighted by atomic mass is 10.1. The maximum absolute atomic E-state index is 5.10. The maximum atomic E-state index is 5.10. The van der Waals surface area contributed by atoms with Crippen molar-refractivity contribution < 1.29 is 4.74 Å². The predicted molar refractivity (Wildman–Crippen MR) is 85.8 cm³/mol. The van der Waals surface area contributed by atoms with Crippen molar-refractivity contribution >= 4 is 47.8 Å². The lowest BCUT2D eigenvalue weighted by molar-refractivity contribution is 0.396. The highest BCUT2D eigenvalue weighted by Gasteiger charge is 2.14. The van der Waals surface area contributed by atoms with Crippen LogP contribution in [0.4, 0.5) is 0 Å². The van der Waals surface area contributed by atoms with E-state index in [4.69, 9.17) is 4.74 Å². The zero-order valence-electron chi connectivity index (χ0n) is 10.1. The molecule has 1 aromatic carbocycles. The molecule has 0 aliphatic rings. The highest BCUT2D eigenvalue weighted by Crippen LogP contribution is 2.34. The molecule has 1 unspecified atom stereocenters. The molecule has 6 heteroatoms. The fourth-order valence-corrected chi connectivity index (χ4v) is 3.57. The second-order valence-electron chi connectivity index (χ2n) is 3.89. The summed E-state index contributed by atoms with van der Waals surface area (Å²) in [5.41, 5.74) is 2.10. The minimum absolute atomic E-state index is 0.166. The minimum atomic E-state index is 0.166. The molecule has 0 amide bonds. The molecule has 0 fully saturated rings. The number of ether oxygens (including phenoxy) is 1. The molecule has 19 heavy (non-hydrogen) atoms. The lowest BCUT2D eigenvalue weighted by Crippen LogP contribution is -2.00. The molecular weight excluding hydrogens is 440 g/mol. The second-order valence-corrected chi connectivity index (χ2v) is 6.76. The molecule has 0 spiro atoms. The standard InChI is InChI=1S/C13H11Br3N2O/c1-19-13-6-9(17-7-18-13)5-12(16)10-4-8(14)2-3-11(10)15/h2-4,6-7,12H,5H2,1H3. The van der Waals surface area contributed by atoms with Crippen LogP contribution in [0.25, 0.3) is 0 Å². The number of alkyl halides is 1. The van der Waals surface area contributed by atoms with Gasteiger partial charge in [-0.15, -0.1) is 0 Å². The first kappa shape index (κ1) is 14.9. The monoisotopic (exact) mass is 448 g/mol. The van der Waals surface area contributed by atoms with Gasteiger partial charge in [0.2, 0.25) is 5.88 Å². The largest absolute Gasteiger partial charge is 0.481 e. The van der Waals surface area contributed by atoms with Crippen LogP contribution in [0.2, 0.25) is 0 Å². The Morgan fingerprint density at radius 1 is 1.21 bits per heavy atom. The lowest BCUT2D eigenvalue weighted by Gasteiger charge is -2.12. The van der Waals surface area contributed by atoms with E-state index in [1.165, 1.54) is 11.9 Å². The van der Waals surface area contributed by atoms with Crippen molar-refractivity contribution in [1.82, 2.24) is 9.97 Å². The van der Waals surface area contributed by atoms with Crippen molar-refractivity contribution in [2.75, 3.05) is 7.11 Å². The van der Waals surface area contributed by atoms with Gasteiger partial charge in [-0.1, -0.05) is 47.8 Å². The van der Waals surface area contributed by atoms with Crippen LogP contribution < -0.4 is 4.74 Å². The summed E-state index contributed by atoms with van der Waals surface area (Å²) in [5, 5.41) is 0. The highest BCUT2D eigenvalue weighted by atomic mass is 79.9. The molecule has 0 radical (unpaired) electrons. The van der Waals surface area contributed by atoms with E-state index in [-0.39, 0.29) is 4.83 Å². The van der Waals surface area contributed by atoms with Crippen LogP contribution in [0, 0.1) is 0 Å². The van der Waals surface area contributed by atoms with Crippen molar-refractivity contribution in [1.29, 1.82) is 0 Å². The Hall–Kier alpha value is -0.460. The third-order valence-corrected chi connectivity index (χ3v) is 4.62. The summed E-state index contributed by atoms with van der Waals surface area (Å²) in [6.07, 6.45) is 2.28. The van der Waals surface area contributed by atoms with Crippen LogP contribution >= 0.6 is 47.8 Å². The Kier molecular flexibility index (Phi) is 5.36. The molecular formula is C13H11Br3N2O. The van der Waals surface area contributed by atoms with E-state index in [1.807, 2.05) is 18.2 Å². The van der Waals surface area contributed by atoms with Crippen molar-refractivity contribution in [3.8, 4) is 5.88 Å². The van der Waals surface area contributed by atoms with Crippen molar-refractivity contribution in [2.45, 2.75) is 11.2 Å². The number of halogens is 3. The van der Waals surface area contributed by atoms with E-state index >= 15 is 0 Å². The minimum Gasteiger partial charge on any atom is -0.481 e. The molecule has 3 nitrogen and oxygen atoms in total. The fourth-order valence-electron chi connectivity index (χ4n) is 1.65. The van der Waals surface area contributed by atoms with Gasteiger partial charge in [0.25, 0.3) is 0 Å². The molecule has 0 aliphatic carbocycles. The third-order valence-electron chi connectivity index (χ3n) is 2.59. The summed E-state index contributed by atoms with van der Waals surface area (Å²) >= 11 is 10.8. The smallest absolute Gasteiger partial charge is 0.216 e. The SMILES string of the molecule is COc1cc(CC(Br)c2cc(Br)ccc2Br)ncn1. The van der Waals surface area contributed by atoms with Gasteiger partial charge in [0, 0.05) is 32.0 Å². The van der Waals surface area contributed by atoms with Gasteiger partial charge in [0.1, 0.15) is 6.33 Å². The molecule has 0 bridgehead atoms. The zero-order valence-corrected chi connectivity index (χ0v) is 14.9. The molecule has 1 aromatic heterocycles. The number of rotatable bonds is 4. The van der Waals surface area contributed by atoms with E-state index in [1.54, 1.807) is 7.11 Å². The molecule has 2 rings (SSSR count). The number of benzene rings is 1. The molecule has 0 saturated carbocycles. The Morgan fingerprint density at radius 2 is 2.00 bits per heavy atom. The maximum Gasteiger partial charge on any atom is 0.216 e.